The van der Waals surface area contributed by atoms with Crippen molar-refractivity contribution in [2.24, 2.45) is 4.99 Å². The summed E-state index contributed by atoms with van der Waals surface area (Å²) >= 11 is 0.929. The Morgan fingerprint density at radius 1 is 1.36 bits per heavy atom. The van der Waals surface area contributed by atoms with Crippen molar-refractivity contribution in [2.75, 3.05) is 13.1 Å². The Balaban J connectivity index is 0.00000392. The molecule has 1 aliphatic carbocycles. The van der Waals surface area contributed by atoms with E-state index < -0.39 is 11.9 Å². The maximum Gasteiger partial charge on any atom is 0.434 e. The van der Waals surface area contributed by atoms with E-state index in [0.29, 0.717) is 36.9 Å². The molecule has 0 bridgehead atoms. The van der Waals surface area contributed by atoms with Gasteiger partial charge in [-0.15, -0.1) is 35.3 Å². The normalized spacial score (nSPS) is 15.2. The summed E-state index contributed by atoms with van der Waals surface area (Å²) in [6, 6.07) is 0. The molecule has 1 fully saturated rings. The van der Waals surface area contributed by atoms with Gasteiger partial charge in [0.1, 0.15) is 11.1 Å². The summed E-state index contributed by atoms with van der Waals surface area (Å²) in [7, 11) is 0. The second kappa shape index (κ2) is 12.5. The number of hydrogen-bond donors (Lipinski definition) is 2. The van der Waals surface area contributed by atoms with Crippen LogP contribution in [0, 0.1) is 0 Å². The van der Waals surface area contributed by atoms with Gasteiger partial charge >= 0.3 is 12.1 Å². The minimum Gasteiger partial charge on any atom is -0.462 e. The second-order valence-corrected chi connectivity index (χ2v) is 7.19. The molecule has 1 aromatic rings. The SMILES string of the molecule is CCNC(=NCc1nc(C(F)(F)F)cs1)NCCCC(=O)OC1CCCC1.I. The second-order valence-electron chi connectivity index (χ2n) is 6.25. The van der Waals surface area contributed by atoms with E-state index in [9.17, 15) is 18.0 Å². The van der Waals surface area contributed by atoms with E-state index >= 15 is 0 Å². The number of ether oxygens (including phenoxy) is 1. The number of alkyl halides is 3. The van der Waals surface area contributed by atoms with Crippen LogP contribution in [0.4, 0.5) is 13.2 Å². The lowest BCUT2D eigenvalue weighted by molar-refractivity contribution is -0.148. The van der Waals surface area contributed by atoms with Crippen LogP contribution in [-0.4, -0.2) is 36.1 Å². The minimum atomic E-state index is -4.44. The van der Waals surface area contributed by atoms with Crippen molar-refractivity contribution in [1.82, 2.24) is 15.6 Å². The standard InChI is InChI=1S/C17H25F3N4O2S.HI/c1-2-21-16(23-10-14-24-13(11-27-14)17(18,19)20)22-9-5-8-15(25)26-12-6-3-4-7-12;/h11-12H,2-10H2,1H3,(H2,21,22,23);1H. The molecule has 0 spiro atoms. The molecule has 0 aliphatic heterocycles. The van der Waals surface area contributed by atoms with E-state index in [1.54, 1.807) is 0 Å². The molecule has 2 rings (SSSR count). The summed E-state index contributed by atoms with van der Waals surface area (Å²) in [4.78, 5) is 19.6. The van der Waals surface area contributed by atoms with E-state index in [1.807, 2.05) is 6.92 Å². The highest BCUT2D eigenvalue weighted by Gasteiger charge is 2.33. The summed E-state index contributed by atoms with van der Waals surface area (Å²) in [6.07, 6.45) is 0.688. The van der Waals surface area contributed by atoms with Crippen LogP contribution in [0.25, 0.3) is 0 Å². The molecule has 0 amide bonds. The number of esters is 1. The summed E-state index contributed by atoms with van der Waals surface area (Å²) in [6.45, 7) is 3.07. The van der Waals surface area contributed by atoms with Gasteiger partial charge < -0.3 is 15.4 Å². The molecule has 0 radical (unpaired) electrons. The van der Waals surface area contributed by atoms with Gasteiger partial charge in [0.25, 0.3) is 0 Å². The van der Waals surface area contributed by atoms with Crippen molar-refractivity contribution in [1.29, 1.82) is 0 Å². The van der Waals surface area contributed by atoms with Gasteiger partial charge in [-0.25, -0.2) is 9.98 Å². The number of nitrogens with zero attached hydrogens (tertiary/aromatic N) is 2. The number of halogens is 4. The van der Waals surface area contributed by atoms with Crippen molar-refractivity contribution in [2.45, 2.75) is 64.3 Å². The molecular formula is C17H26F3IN4O2S. The minimum absolute atomic E-state index is 0. The molecule has 0 saturated heterocycles. The van der Waals surface area contributed by atoms with Gasteiger partial charge in [-0.05, 0) is 39.0 Å². The van der Waals surface area contributed by atoms with Crippen LogP contribution >= 0.6 is 35.3 Å². The summed E-state index contributed by atoms with van der Waals surface area (Å²) < 4.78 is 43.1. The number of aromatic nitrogens is 1. The zero-order chi connectivity index (χ0) is 19.7. The van der Waals surface area contributed by atoms with Crippen LogP contribution < -0.4 is 10.6 Å². The van der Waals surface area contributed by atoms with E-state index in [0.717, 1.165) is 42.4 Å². The van der Waals surface area contributed by atoms with E-state index in [-0.39, 0.29) is 42.6 Å². The van der Waals surface area contributed by atoms with Crippen molar-refractivity contribution in [3.63, 3.8) is 0 Å². The molecule has 28 heavy (non-hydrogen) atoms. The molecule has 6 nitrogen and oxygen atoms in total. The van der Waals surface area contributed by atoms with Crippen LogP contribution in [0.5, 0.6) is 0 Å². The van der Waals surface area contributed by atoms with Gasteiger partial charge in [0.2, 0.25) is 0 Å². The van der Waals surface area contributed by atoms with Gasteiger partial charge in [0, 0.05) is 24.9 Å². The molecule has 1 heterocycles. The molecular weight excluding hydrogens is 508 g/mol. The lowest BCUT2D eigenvalue weighted by atomic mass is 10.3. The van der Waals surface area contributed by atoms with Crippen LogP contribution in [0.15, 0.2) is 10.4 Å². The third-order valence-corrected chi connectivity index (χ3v) is 4.84. The number of guanidine groups is 1. The van der Waals surface area contributed by atoms with Gasteiger partial charge in [0.05, 0.1) is 6.54 Å². The average molecular weight is 534 g/mol. The molecule has 0 aromatic carbocycles. The maximum atomic E-state index is 12.6. The van der Waals surface area contributed by atoms with Gasteiger partial charge in [-0.1, -0.05) is 0 Å². The molecule has 1 aromatic heterocycles. The van der Waals surface area contributed by atoms with Crippen LogP contribution in [0.2, 0.25) is 0 Å². The number of thiazole rings is 1. The molecule has 0 unspecified atom stereocenters. The fraction of sp³-hybridized carbons (Fsp3) is 0.706. The predicted molar refractivity (Wildman–Crippen MR) is 113 cm³/mol. The van der Waals surface area contributed by atoms with Gasteiger partial charge in [-0.3, -0.25) is 4.79 Å². The molecule has 11 heteroatoms. The molecule has 160 valence electrons. The lowest BCUT2D eigenvalue weighted by Gasteiger charge is -2.12. The Kier molecular flexibility index (Phi) is 11.1. The fourth-order valence-corrected chi connectivity index (χ4v) is 3.42. The van der Waals surface area contributed by atoms with Crippen molar-refractivity contribution >= 4 is 47.2 Å². The highest BCUT2D eigenvalue weighted by Crippen LogP contribution is 2.30. The lowest BCUT2D eigenvalue weighted by Crippen LogP contribution is -2.37. The van der Waals surface area contributed by atoms with Crippen molar-refractivity contribution < 1.29 is 22.7 Å². The van der Waals surface area contributed by atoms with E-state index in [1.165, 1.54) is 0 Å². The highest BCUT2D eigenvalue weighted by atomic mass is 127. The Morgan fingerprint density at radius 2 is 2.07 bits per heavy atom. The van der Waals surface area contributed by atoms with Gasteiger partial charge in [-0.2, -0.15) is 13.2 Å². The zero-order valence-corrected chi connectivity index (χ0v) is 18.8. The summed E-state index contributed by atoms with van der Waals surface area (Å²) in [5.41, 5.74) is -0.892. The monoisotopic (exact) mass is 534 g/mol. The smallest absolute Gasteiger partial charge is 0.434 e. The number of rotatable bonds is 8. The first-order chi connectivity index (χ1) is 12.9. The van der Waals surface area contributed by atoms with Gasteiger partial charge in [0.15, 0.2) is 11.7 Å². The predicted octanol–water partition coefficient (Wildman–Crippen LogP) is 4.10. The third-order valence-electron chi connectivity index (χ3n) is 4.01. The number of nitrogens with one attached hydrogen (secondary N) is 2. The first-order valence-electron chi connectivity index (χ1n) is 9.11. The quantitative estimate of drug-likeness (QED) is 0.173. The molecule has 1 saturated carbocycles. The number of carbonyl (C=O) groups is 1. The van der Waals surface area contributed by atoms with Crippen molar-refractivity contribution in [3.05, 3.63) is 16.1 Å². The topological polar surface area (TPSA) is 75.6 Å². The summed E-state index contributed by atoms with van der Waals surface area (Å²) in [5, 5.41) is 7.36. The highest BCUT2D eigenvalue weighted by molar-refractivity contribution is 14.0. The third kappa shape index (κ3) is 8.93. The maximum absolute atomic E-state index is 12.6. The van der Waals surface area contributed by atoms with Crippen molar-refractivity contribution in [3.8, 4) is 0 Å². The summed E-state index contributed by atoms with van der Waals surface area (Å²) in [5.74, 6) is 0.290. The van der Waals surface area contributed by atoms with Crippen LogP contribution in [-0.2, 0) is 22.3 Å². The van der Waals surface area contributed by atoms with E-state index in [2.05, 4.69) is 20.6 Å². The Bertz CT molecular complexity index is 634. The molecule has 0 atom stereocenters. The Hall–Kier alpha value is -1.11. The molecule has 2 N–H and O–H groups in total. The Morgan fingerprint density at radius 3 is 2.68 bits per heavy atom. The van der Waals surface area contributed by atoms with E-state index in [4.69, 9.17) is 4.74 Å². The van der Waals surface area contributed by atoms with Crippen LogP contribution in [0.1, 0.15) is 56.2 Å². The Labute approximate surface area is 183 Å². The average Bonchev–Trinajstić information content (AvgIpc) is 3.27. The van der Waals surface area contributed by atoms with Crippen LogP contribution in [0.3, 0.4) is 0 Å². The molecule has 1 aliphatic rings. The number of aliphatic imine (C=N–C) groups is 1. The number of hydrogen-bond acceptors (Lipinski definition) is 5. The first-order valence-corrected chi connectivity index (χ1v) is 9.99. The largest absolute Gasteiger partial charge is 0.462 e. The fourth-order valence-electron chi connectivity index (χ4n) is 2.69. The first kappa shape index (κ1) is 24.9. The zero-order valence-electron chi connectivity index (χ0n) is 15.7. The number of carbonyl (C=O) groups excluding carboxylic acids is 1.